The van der Waals surface area contributed by atoms with Crippen LogP contribution in [0.1, 0.15) is 32.3 Å². The number of benzene rings is 1. The van der Waals surface area contributed by atoms with Crippen molar-refractivity contribution in [3.8, 4) is 0 Å². The number of hydrogen-bond donors (Lipinski definition) is 0. The van der Waals surface area contributed by atoms with Gasteiger partial charge in [-0.2, -0.15) is 0 Å². The molecule has 0 unspecified atom stereocenters. The highest BCUT2D eigenvalue weighted by Gasteiger charge is 2.28. The van der Waals surface area contributed by atoms with Crippen molar-refractivity contribution in [1.82, 2.24) is 4.98 Å². The van der Waals surface area contributed by atoms with Crippen molar-refractivity contribution in [2.75, 3.05) is 18.0 Å². The van der Waals surface area contributed by atoms with Crippen LogP contribution in [0.5, 0.6) is 0 Å². The van der Waals surface area contributed by atoms with Crippen LogP contribution in [-0.4, -0.2) is 18.1 Å². The van der Waals surface area contributed by atoms with E-state index in [1.165, 1.54) is 23.8 Å². The van der Waals surface area contributed by atoms with E-state index >= 15 is 0 Å². The van der Waals surface area contributed by atoms with Gasteiger partial charge in [0.1, 0.15) is 5.82 Å². The lowest BCUT2D eigenvalue weighted by Crippen LogP contribution is -2.41. The third kappa shape index (κ3) is 2.69. The molecular formula is C17H21BrN2. The summed E-state index contributed by atoms with van der Waals surface area (Å²) < 4.78 is 0. The van der Waals surface area contributed by atoms with Crippen LogP contribution in [0.25, 0.3) is 10.9 Å². The van der Waals surface area contributed by atoms with E-state index < -0.39 is 0 Å². The molecule has 3 rings (SSSR count). The Morgan fingerprint density at radius 3 is 2.85 bits per heavy atom. The van der Waals surface area contributed by atoms with E-state index in [0.29, 0.717) is 5.41 Å². The van der Waals surface area contributed by atoms with E-state index in [0.717, 1.165) is 29.8 Å². The zero-order chi connectivity index (χ0) is 14.2. The van der Waals surface area contributed by atoms with E-state index in [1.54, 1.807) is 0 Å². The number of para-hydroxylation sites is 1. The second-order valence-electron chi connectivity index (χ2n) is 6.49. The molecule has 1 aromatic carbocycles. The van der Waals surface area contributed by atoms with Crippen molar-refractivity contribution >= 4 is 32.7 Å². The number of aromatic nitrogens is 1. The summed E-state index contributed by atoms with van der Waals surface area (Å²) in [6.07, 6.45) is 2.56. The first-order chi connectivity index (χ1) is 9.59. The summed E-state index contributed by atoms with van der Waals surface area (Å²) in [6.45, 7) is 6.93. The van der Waals surface area contributed by atoms with Crippen LogP contribution < -0.4 is 4.90 Å². The van der Waals surface area contributed by atoms with Gasteiger partial charge < -0.3 is 4.90 Å². The van der Waals surface area contributed by atoms with E-state index in [9.17, 15) is 0 Å². The SMILES string of the molecule is CC1(C)CCCN(c2nc3ccccc3cc2CBr)C1. The molecule has 0 amide bonds. The minimum absolute atomic E-state index is 0.384. The van der Waals surface area contributed by atoms with Gasteiger partial charge in [-0.05, 0) is 30.4 Å². The molecule has 20 heavy (non-hydrogen) atoms. The average Bonchev–Trinajstić information content (AvgIpc) is 2.44. The van der Waals surface area contributed by atoms with Crippen LogP contribution in [0.2, 0.25) is 0 Å². The van der Waals surface area contributed by atoms with Gasteiger partial charge in [-0.3, -0.25) is 0 Å². The maximum Gasteiger partial charge on any atom is 0.133 e. The van der Waals surface area contributed by atoms with Crippen LogP contribution in [-0.2, 0) is 5.33 Å². The second-order valence-corrected chi connectivity index (χ2v) is 7.05. The Bertz CT molecular complexity index is 621. The van der Waals surface area contributed by atoms with Gasteiger partial charge in [0.25, 0.3) is 0 Å². The summed E-state index contributed by atoms with van der Waals surface area (Å²) in [4.78, 5) is 7.40. The Hall–Kier alpha value is -1.09. The molecule has 3 heteroatoms. The number of alkyl halides is 1. The van der Waals surface area contributed by atoms with Crippen molar-refractivity contribution in [2.24, 2.45) is 5.41 Å². The largest absolute Gasteiger partial charge is 0.356 e. The standard InChI is InChI=1S/C17H21BrN2/c1-17(2)8-5-9-20(12-17)16-14(11-18)10-13-6-3-4-7-15(13)19-16/h3-4,6-7,10H,5,8-9,11-12H2,1-2H3. The normalized spacial score (nSPS) is 18.4. The lowest BCUT2D eigenvalue weighted by atomic mass is 9.84. The van der Waals surface area contributed by atoms with Gasteiger partial charge in [-0.25, -0.2) is 4.98 Å². The van der Waals surface area contributed by atoms with Gasteiger partial charge >= 0.3 is 0 Å². The first-order valence-electron chi connectivity index (χ1n) is 7.29. The fourth-order valence-electron chi connectivity index (χ4n) is 3.13. The summed E-state index contributed by atoms with van der Waals surface area (Å²) >= 11 is 3.62. The minimum Gasteiger partial charge on any atom is -0.356 e. The second kappa shape index (κ2) is 5.36. The Balaban J connectivity index is 2.05. The van der Waals surface area contributed by atoms with Crippen LogP contribution in [0.4, 0.5) is 5.82 Å². The molecule has 0 spiro atoms. The van der Waals surface area contributed by atoms with Crippen LogP contribution >= 0.6 is 15.9 Å². The molecular weight excluding hydrogens is 312 g/mol. The fraction of sp³-hybridized carbons (Fsp3) is 0.471. The van der Waals surface area contributed by atoms with Crippen LogP contribution in [0.15, 0.2) is 30.3 Å². The number of piperidine rings is 1. The van der Waals surface area contributed by atoms with Gasteiger partial charge in [0.2, 0.25) is 0 Å². The molecule has 1 aliphatic rings. The summed E-state index contributed by atoms with van der Waals surface area (Å²) in [5, 5.41) is 2.08. The number of pyridine rings is 1. The van der Waals surface area contributed by atoms with Crippen LogP contribution in [0.3, 0.4) is 0 Å². The summed E-state index contributed by atoms with van der Waals surface area (Å²) in [5.74, 6) is 1.16. The molecule has 1 fully saturated rings. The monoisotopic (exact) mass is 332 g/mol. The zero-order valence-corrected chi connectivity index (χ0v) is 13.8. The first kappa shape index (κ1) is 13.9. The molecule has 0 aliphatic carbocycles. The summed E-state index contributed by atoms with van der Waals surface area (Å²) in [7, 11) is 0. The van der Waals surface area contributed by atoms with Crippen molar-refractivity contribution in [3.05, 3.63) is 35.9 Å². The average molecular weight is 333 g/mol. The molecule has 1 saturated heterocycles. The number of hydrogen-bond acceptors (Lipinski definition) is 2. The zero-order valence-electron chi connectivity index (χ0n) is 12.2. The maximum absolute atomic E-state index is 4.93. The molecule has 106 valence electrons. The third-order valence-electron chi connectivity index (χ3n) is 4.12. The van der Waals surface area contributed by atoms with E-state index in [-0.39, 0.29) is 0 Å². The molecule has 0 saturated carbocycles. The molecule has 2 aromatic rings. The van der Waals surface area contributed by atoms with E-state index in [1.807, 2.05) is 0 Å². The number of fused-ring (bicyclic) bond motifs is 1. The topological polar surface area (TPSA) is 16.1 Å². The molecule has 0 N–H and O–H groups in total. The molecule has 0 atom stereocenters. The highest BCUT2D eigenvalue weighted by Crippen LogP contribution is 2.33. The lowest BCUT2D eigenvalue weighted by molar-refractivity contribution is 0.292. The first-order valence-corrected chi connectivity index (χ1v) is 8.41. The van der Waals surface area contributed by atoms with Crippen molar-refractivity contribution < 1.29 is 0 Å². The van der Waals surface area contributed by atoms with E-state index in [2.05, 4.69) is 65.0 Å². The van der Waals surface area contributed by atoms with Crippen LogP contribution in [0, 0.1) is 5.41 Å². The summed E-state index contributed by atoms with van der Waals surface area (Å²) in [5.41, 5.74) is 2.77. The molecule has 1 aliphatic heterocycles. The number of nitrogens with zero attached hydrogens (tertiary/aromatic N) is 2. The number of rotatable bonds is 2. The smallest absolute Gasteiger partial charge is 0.133 e. The van der Waals surface area contributed by atoms with Gasteiger partial charge in [-0.15, -0.1) is 0 Å². The van der Waals surface area contributed by atoms with Gasteiger partial charge in [0, 0.05) is 29.4 Å². The maximum atomic E-state index is 4.93. The Morgan fingerprint density at radius 1 is 1.30 bits per heavy atom. The lowest BCUT2D eigenvalue weighted by Gasteiger charge is -2.39. The third-order valence-corrected chi connectivity index (χ3v) is 4.73. The van der Waals surface area contributed by atoms with E-state index in [4.69, 9.17) is 4.98 Å². The highest BCUT2D eigenvalue weighted by molar-refractivity contribution is 9.08. The molecule has 1 aromatic heterocycles. The quantitative estimate of drug-likeness (QED) is 0.737. The summed E-state index contributed by atoms with van der Waals surface area (Å²) in [6, 6.07) is 10.6. The number of halogens is 1. The Morgan fingerprint density at radius 2 is 2.10 bits per heavy atom. The predicted molar refractivity (Wildman–Crippen MR) is 89.6 cm³/mol. The Labute approximate surface area is 129 Å². The van der Waals surface area contributed by atoms with Crippen molar-refractivity contribution in [3.63, 3.8) is 0 Å². The predicted octanol–water partition coefficient (Wildman–Crippen LogP) is 4.76. The fourth-order valence-corrected chi connectivity index (χ4v) is 3.54. The van der Waals surface area contributed by atoms with Crippen molar-refractivity contribution in [2.45, 2.75) is 32.0 Å². The Kier molecular flexibility index (Phi) is 3.72. The number of anilines is 1. The molecule has 0 bridgehead atoms. The van der Waals surface area contributed by atoms with Gasteiger partial charge in [-0.1, -0.05) is 48.0 Å². The molecule has 0 radical (unpaired) electrons. The minimum atomic E-state index is 0.384. The van der Waals surface area contributed by atoms with Gasteiger partial charge in [0.05, 0.1) is 5.52 Å². The highest BCUT2D eigenvalue weighted by atomic mass is 79.9. The van der Waals surface area contributed by atoms with Crippen molar-refractivity contribution in [1.29, 1.82) is 0 Å². The molecule has 2 heterocycles. The van der Waals surface area contributed by atoms with Gasteiger partial charge in [0.15, 0.2) is 0 Å². The molecule has 2 nitrogen and oxygen atoms in total.